The molecule has 2 N–H and O–H groups in total. The molecule has 1 amide bonds. The van der Waals surface area contributed by atoms with Crippen LogP contribution in [0.5, 0.6) is 0 Å². The van der Waals surface area contributed by atoms with Crippen molar-refractivity contribution in [2.24, 2.45) is 0 Å². The van der Waals surface area contributed by atoms with Crippen LogP contribution in [-0.4, -0.2) is 52.8 Å². The van der Waals surface area contributed by atoms with Gasteiger partial charge < -0.3 is 15.4 Å². The van der Waals surface area contributed by atoms with Crippen LogP contribution in [0.3, 0.4) is 0 Å². The first-order chi connectivity index (χ1) is 9.27. The molecule has 0 bridgehead atoms. The van der Waals surface area contributed by atoms with Crippen LogP contribution < -0.4 is 5.73 Å². The third-order valence-corrected chi connectivity index (χ3v) is 3.91. The number of amides is 1. The van der Waals surface area contributed by atoms with Crippen molar-refractivity contribution in [2.45, 2.75) is 17.9 Å². The van der Waals surface area contributed by atoms with Gasteiger partial charge in [0.2, 0.25) is 5.91 Å². The fraction of sp³-hybridized carbons (Fsp3) is 0.583. The minimum Gasteiger partial charge on any atom is -0.381 e. The van der Waals surface area contributed by atoms with E-state index in [1.807, 2.05) is 4.90 Å². The Balaban J connectivity index is 1.66. The van der Waals surface area contributed by atoms with Crippen LogP contribution in [0.15, 0.2) is 17.4 Å². The maximum absolute atomic E-state index is 11.9. The first-order valence-corrected chi connectivity index (χ1v) is 7.31. The lowest BCUT2D eigenvalue weighted by Crippen LogP contribution is -2.40. The van der Waals surface area contributed by atoms with Gasteiger partial charge in [-0.2, -0.15) is 0 Å². The van der Waals surface area contributed by atoms with E-state index >= 15 is 0 Å². The summed E-state index contributed by atoms with van der Waals surface area (Å²) in [6.07, 6.45) is 4.57. The molecule has 2 heterocycles. The summed E-state index contributed by atoms with van der Waals surface area (Å²) in [7, 11) is 0. The normalized spacial score (nSPS) is 15.5. The molecule has 0 atom stereocenters. The van der Waals surface area contributed by atoms with Crippen LogP contribution in [0.2, 0.25) is 0 Å². The van der Waals surface area contributed by atoms with Gasteiger partial charge in [-0.15, -0.1) is 11.8 Å². The SMILES string of the molecule is Nc1nccnc1SCCCC(=O)N1CCOCC1. The second kappa shape index (κ2) is 7.30. The van der Waals surface area contributed by atoms with Gasteiger partial charge in [0.1, 0.15) is 5.03 Å². The van der Waals surface area contributed by atoms with E-state index in [-0.39, 0.29) is 5.91 Å². The molecular weight excluding hydrogens is 264 g/mol. The van der Waals surface area contributed by atoms with E-state index in [0.717, 1.165) is 17.2 Å². The molecule has 0 aromatic carbocycles. The van der Waals surface area contributed by atoms with Crippen LogP contribution in [0, 0.1) is 0 Å². The number of carbonyl (C=O) groups is 1. The first-order valence-electron chi connectivity index (χ1n) is 6.32. The zero-order chi connectivity index (χ0) is 13.5. The standard InChI is InChI=1S/C12H18N4O2S/c13-11-12(15-4-3-14-11)19-9-1-2-10(17)16-5-7-18-8-6-16/h3-4H,1-2,5-9H2,(H2,13,14). The maximum atomic E-state index is 11.9. The summed E-state index contributed by atoms with van der Waals surface area (Å²) < 4.78 is 5.22. The van der Waals surface area contributed by atoms with Crippen LogP contribution >= 0.6 is 11.8 Å². The quantitative estimate of drug-likeness (QED) is 0.635. The van der Waals surface area contributed by atoms with Crippen molar-refractivity contribution in [3.05, 3.63) is 12.4 Å². The lowest BCUT2D eigenvalue weighted by Gasteiger charge is -2.26. The van der Waals surface area contributed by atoms with Crippen LogP contribution in [0.4, 0.5) is 5.82 Å². The van der Waals surface area contributed by atoms with Gasteiger partial charge in [-0.1, -0.05) is 0 Å². The lowest BCUT2D eigenvalue weighted by molar-refractivity contribution is -0.135. The van der Waals surface area contributed by atoms with Gasteiger partial charge in [-0.05, 0) is 6.42 Å². The summed E-state index contributed by atoms with van der Waals surface area (Å²) in [4.78, 5) is 21.9. The van der Waals surface area contributed by atoms with E-state index in [9.17, 15) is 4.79 Å². The summed E-state index contributed by atoms with van der Waals surface area (Å²) in [6.45, 7) is 2.72. The molecule has 1 fully saturated rings. The van der Waals surface area contributed by atoms with Crippen molar-refractivity contribution >= 4 is 23.5 Å². The monoisotopic (exact) mass is 282 g/mol. The molecule has 0 saturated carbocycles. The van der Waals surface area contributed by atoms with Crippen LogP contribution in [0.25, 0.3) is 0 Å². The Kier molecular flexibility index (Phi) is 5.41. The number of rotatable bonds is 5. The molecule has 104 valence electrons. The number of nitrogen functional groups attached to an aromatic ring is 1. The number of anilines is 1. The number of nitrogens with two attached hydrogens (primary N) is 1. The van der Waals surface area contributed by atoms with E-state index in [2.05, 4.69) is 9.97 Å². The summed E-state index contributed by atoms with van der Waals surface area (Å²) in [5, 5.41) is 0.737. The third-order valence-electron chi connectivity index (χ3n) is 2.83. The highest BCUT2D eigenvalue weighted by atomic mass is 32.2. The molecule has 6 nitrogen and oxygen atoms in total. The lowest BCUT2D eigenvalue weighted by atomic mass is 10.3. The fourth-order valence-electron chi connectivity index (χ4n) is 1.81. The van der Waals surface area contributed by atoms with Crippen LogP contribution in [0.1, 0.15) is 12.8 Å². The number of hydrogen-bond donors (Lipinski definition) is 1. The zero-order valence-electron chi connectivity index (χ0n) is 10.7. The summed E-state index contributed by atoms with van der Waals surface area (Å²) in [5.41, 5.74) is 5.70. The van der Waals surface area contributed by atoms with E-state index in [1.54, 1.807) is 24.2 Å². The predicted molar refractivity (Wildman–Crippen MR) is 73.8 cm³/mol. The number of thioether (sulfide) groups is 1. The third kappa shape index (κ3) is 4.36. The minimum absolute atomic E-state index is 0.205. The number of hydrogen-bond acceptors (Lipinski definition) is 6. The van der Waals surface area contributed by atoms with E-state index in [0.29, 0.717) is 38.5 Å². The van der Waals surface area contributed by atoms with Crippen molar-refractivity contribution < 1.29 is 9.53 Å². The number of ether oxygens (including phenoxy) is 1. The Hall–Kier alpha value is -1.34. The Labute approximate surface area is 116 Å². The average Bonchev–Trinajstić information content (AvgIpc) is 2.46. The molecule has 0 radical (unpaired) electrons. The number of morpholine rings is 1. The van der Waals surface area contributed by atoms with Gasteiger partial charge in [0.05, 0.1) is 13.2 Å². The van der Waals surface area contributed by atoms with Crippen molar-refractivity contribution in [2.75, 3.05) is 37.8 Å². The van der Waals surface area contributed by atoms with E-state index in [4.69, 9.17) is 10.5 Å². The molecule has 0 spiro atoms. The zero-order valence-corrected chi connectivity index (χ0v) is 11.6. The topological polar surface area (TPSA) is 81.3 Å². The van der Waals surface area contributed by atoms with Gasteiger partial charge in [-0.3, -0.25) is 4.79 Å². The van der Waals surface area contributed by atoms with Gasteiger partial charge in [0, 0.05) is 37.7 Å². The number of nitrogens with zero attached hydrogens (tertiary/aromatic N) is 3. The fourth-order valence-corrected chi connectivity index (χ4v) is 2.63. The van der Waals surface area contributed by atoms with E-state index in [1.165, 1.54) is 0 Å². The summed E-state index contributed by atoms with van der Waals surface area (Å²) >= 11 is 1.54. The Bertz CT molecular complexity index is 424. The van der Waals surface area contributed by atoms with Crippen molar-refractivity contribution in [3.8, 4) is 0 Å². The molecule has 19 heavy (non-hydrogen) atoms. The Morgan fingerprint density at radius 1 is 1.37 bits per heavy atom. The average molecular weight is 282 g/mol. The van der Waals surface area contributed by atoms with Crippen molar-refractivity contribution in [1.82, 2.24) is 14.9 Å². The van der Waals surface area contributed by atoms with Crippen LogP contribution in [-0.2, 0) is 9.53 Å². The molecule has 0 unspecified atom stereocenters. The van der Waals surface area contributed by atoms with Gasteiger partial charge >= 0.3 is 0 Å². The Morgan fingerprint density at radius 3 is 2.84 bits per heavy atom. The number of aromatic nitrogens is 2. The second-order valence-corrected chi connectivity index (χ2v) is 5.28. The molecule has 1 aromatic heterocycles. The molecule has 1 saturated heterocycles. The molecule has 0 aliphatic carbocycles. The summed E-state index contributed by atoms with van der Waals surface area (Å²) in [5.74, 6) is 1.47. The summed E-state index contributed by atoms with van der Waals surface area (Å²) in [6, 6.07) is 0. The second-order valence-electron chi connectivity index (χ2n) is 4.19. The van der Waals surface area contributed by atoms with Gasteiger partial charge in [0.25, 0.3) is 0 Å². The molecule has 7 heteroatoms. The molecular formula is C12H18N4O2S. The highest BCUT2D eigenvalue weighted by molar-refractivity contribution is 7.99. The smallest absolute Gasteiger partial charge is 0.222 e. The van der Waals surface area contributed by atoms with Gasteiger partial charge in [0.15, 0.2) is 5.82 Å². The largest absolute Gasteiger partial charge is 0.381 e. The predicted octanol–water partition coefficient (Wildman–Crippen LogP) is 0.790. The Morgan fingerprint density at radius 2 is 2.11 bits per heavy atom. The van der Waals surface area contributed by atoms with E-state index < -0.39 is 0 Å². The molecule has 1 aliphatic heterocycles. The maximum Gasteiger partial charge on any atom is 0.222 e. The number of carbonyl (C=O) groups excluding carboxylic acids is 1. The minimum atomic E-state index is 0.205. The highest BCUT2D eigenvalue weighted by Gasteiger charge is 2.16. The van der Waals surface area contributed by atoms with Crippen molar-refractivity contribution in [3.63, 3.8) is 0 Å². The molecule has 2 rings (SSSR count). The van der Waals surface area contributed by atoms with Gasteiger partial charge in [-0.25, -0.2) is 9.97 Å². The molecule has 1 aliphatic rings. The highest BCUT2D eigenvalue weighted by Crippen LogP contribution is 2.21. The van der Waals surface area contributed by atoms with Crippen molar-refractivity contribution in [1.29, 1.82) is 0 Å². The molecule has 1 aromatic rings. The first kappa shape index (κ1) is 14.1.